The van der Waals surface area contributed by atoms with Crippen molar-refractivity contribution in [3.8, 4) is 22.6 Å². The van der Waals surface area contributed by atoms with E-state index < -0.39 is 0 Å². The third-order valence-electron chi connectivity index (χ3n) is 5.97. The molecule has 1 saturated heterocycles. The zero-order valence-corrected chi connectivity index (χ0v) is 16.8. The lowest BCUT2D eigenvalue weighted by Crippen LogP contribution is -2.44. The summed E-state index contributed by atoms with van der Waals surface area (Å²) >= 11 is 0. The van der Waals surface area contributed by atoms with Gasteiger partial charge in [-0.1, -0.05) is 0 Å². The van der Waals surface area contributed by atoms with E-state index in [2.05, 4.69) is 48.9 Å². The molecular formula is C22H23N7O. The quantitative estimate of drug-likeness (QED) is 0.564. The predicted octanol–water partition coefficient (Wildman–Crippen LogP) is 3.44. The maximum absolute atomic E-state index is 5.66. The highest BCUT2D eigenvalue weighted by Crippen LogP contribution is 2.41. The molecule has 8 nitrogen and oxygen atoms in total. The van der Waals surface area contributed by atoms with E-state index >= 15 is 0 Å². The van der Waals surface area contributed by atoms with Gasteiger partial charge in [0.25, 0.3) is 0 Å². The Balaban J connectivity index is 1.61. The summed E-state index contributed by atoms with van der Waals surface area (Å²) in [5, 5.41) is 12.9. The van der Waals surface area contributed by atoms with Crippen LogP contribution in [0.15, 0.2) is 42.9 Å². The van der Waals surface area contributed by atoms with Crippen LogP contribution in [0.1, 0.15) is 25.8 Å². The van der Waals surface area contributed by atoms with Gasteiger partial charge in [0.15, 0.2) is 0 Å². The Labute approximate surface area is 173 Å². The Kier molecular flexibility index (Phi) is 4.05. The normalized spacial score (nSPS) is 19.5. The summed E-state index contributed by atoms with van der Waals surface area (Å²) in [6.07, 6.45) is 7.86. The van der Waals surface area contributed by atoms with Crippen molar-refractivity contribution in [1.82, 2.24) is 29.9 Å². The number of hydrogen-bond acceptors (Lipinski definition) is 6. The van der Waals surface area contributed by atoms with E-state index in [-0.39, 0.29) is 6.04 Å². The summed E-state index contributed by atoms with van der Waals surface area (Å²) in [5.41, 5.74) is 4.82. The van der Waals surface area contributed by atoms with Gasteiger partial charge in [0.05, 0.1) is 36.7 Å². The number of pyridine rings is 2. The van der Waals surface area contributed by atoms with Crippen molar-refractivity contribution in [2.45, 2.75) is 31.8 Å². The fraction of sp³-hybridized carbons (Fsp3) is 0.364. The minimum atomic E-state index is 0.261. The molecule has 5 heterocycles. The van der Waals surface area contributed by atoms with E-state index in [9.17, 15) is 0 Å². The molecular weight excluding hydrogens is 378 g/mol. The van der Waals surface area contributed by atoms with Gasteiger partial charge in [0.1, 0.15) is 17.0 Å². The largest absolute Gasteiger partial charge is 0.377 e. The van der Waals surface area contributed by atoms with E-state index in [1.54, 1.807) is 6.20 Å². The summed E-state index contributed by atoms with van der Waals surface area (Å²) in [6.45, 7) is 4.41. The summed E-state index contributed by atoms with van der Waals surface area (Å²) < 4.78 is 7.82. The van der Waals surface area contributed by atoms with Crippen molar-refractivity contribution < 1.29 is 4.74 Å². The lowest BCUT2D eigenvalue weighted by atomic mass is 10.0. The Morgan fingerprint density at radius 3 is 2.87 bits per heavy atom. The van der Waals surface area contributed by atoms with Crippen LogP contribution in [0.25, 0.3) is 33.5 Å². The second-order valence-corrected chi connectivity index (χ2v) is 8.06. The molecule has 4 aromatic heterocycles. The number of fused-ring (bicyclic) bond motifs is 1. The molecule has 0 aromatic carbocycles. The molecule has 1 aliphatic carbocycles. The topological polar surface area (TPSA) is 84.8 Å². The number of anilines is 1. The molecule has 2 aliphatic rings. The third-order valence-corrected chi connectivity index (χ3v) is 5.97. The first-order valence-corrected chi connectivity index (χ1v) is 10.5. The second-order valence-electron chi connectivity index (χ2n) is 8.06. The van der Waals surface area contributed by atoms with Gasteiger partial charge < -0.3 is 9.64 Å². The van der Waals surface area contributed by atoms with Crippen molar-refractivity contribution in [2.24, 2.45) is 0 Å². The molecule has 152 valence electrons. The number of nitrogens with one attached hydrogen (secondary N) is 1. The number of morpholine rings is 1. The van der Waals surface area contributed by atoms with Crippen LogP contribution in [0.2, 0.25) is 0 Å². The zero-order chi connectivity index (χ0) is 20.1. The Bertz CT molecular complexity index is 1200. The van der Waals surface area contributed by atoms with Crippen LogP contribution in [0.4, 0.5) is 5.82 Å². The third kappa shape index (κ3) is 2.87. The number of aromatic amines is 1. The zero-order valence-electron chi connectivity index (χ0n) is 16.8. The van der Waals surface area contributed by atoms with Gasteiger partial charge in [-0.3, -0.25) is 14.8 Å². The molecule has 1 aliphatic heterocycles. The number of rotatable bonds is 4. The van der Waals surface area contributed by atoms with Crippen LogP contribution < -0.4 is 4.90 Å². The Morgan fingerprint density at radius 1 is 1.13 bits per heavy atom. The monoisotopic (exact) mass is 401 g/mol. The first-order valence-electron chi connectivity index (χ1n) is 10.5. The van der Waals surface area contributed by atoms with Crippen LogP contribution in [-0.4, -0.2) is 55.7 Å². The molecule has 0 radical (unpaired) electrons. The number of ether oxygens (including phenoxy) is 1. The maximum atomic E-state index is 5.66. The van der Waals surface area contributed by atoms with Gasteiger partial charge in [0, 0.05) is 36.1 Å². The highest BCUT2D eigenvalue weighted by atomic mass is 16.5. The van der Waals surface area contributed by atoms with Crippen molar-refractivity contribution in [1.29, 1.82) is 0 Å². The summed E-state index contributed by atoms with van der Waals surface area (Å²) in [7, 11) is 0. The van der Waals surface area contributed by atoms with Crippen LogP contribution in [0, 0.1) is 0 Å². The molecule has 6 rings (SSSR count). The Morgan fingerprint density at radius 2 is 2.07 bits per heavy atom. The predicted molar refractivity (Wildman–Crippen MR) is 114 cm³/mol. The lowest BCUT2D eigenvalue weighted by Gasteiger charge is -2.34. The molecule has 0 amide bonds. The molecule has 30 heavy (non-hydrogen) atoms. The molecule has 8 heteroatoms. The van der Waals surface area contributed by atoms with Gasteiger partial charge in [-0.05, 0) is 44.0 Å². The molecule has 0 spiro atoms. The summed E-state index contributed by atoms with van der Waals surface area (Å²) in [4.78, 5) is 12.1. The number of hydrogen-bond donors (Lipinski definition) is 1. The van der Waals surface area contributed by atoms with Crippen molar-refractivity contribution >= 4 is 16.7 Å². The first-order chi connectivity index (χ1) is 14.8. The minimum absolute atomic E-state index is 0.261. The minimum Gasteiger partial charge on any atom is -0.377 e. The van der Waals surface area contributed by atoms with Crippen molar-refractivity contribution in [3.05, 3.63) is 42.9 Å². The standard InChI is InChI=1S/C22H23N7O/c1-14-13-30-11-10-28(14)20-12-17(19-6-9-25-29(19)15-2-3-15)16-4-7-23-22(21(16)26-20)18-5-8-24-27-18/h4-9,12,14-15H,2-3,10-11,13H2,1H3,(H,24,27). The van der Waals surface area contributed by atoms with Gasteiger partial charge in [-0.2, -0.15) is 10.2 Å². The fourth-order valence-corrected chi connectivity index (χ4v) is 4.29. The van der Waals surface area contributed by atoms with Gasteiger partial charge in [-0.25, -0.2) is 4.98 Å². The molecule has 2 fully saturated rings. The van der Waals surface area contributed by atoms with Gasteiger partial charge in [-0.15, -0.1) is 0 Å². The van der Waals surface area contributed by atoms with Gasteiger partial charge in [0.2, 0.25) is 0 Å². The maximum Gasteiger partial charge on any atom is 0.130 e. The van der Waals surface area contributed by atoms with Crippen molar-refractivity contribution in [2.75, 3.05) is 24.7 Å². The highest BCUT2D eigenvalue weighted by Gasteiger charge is 2.28. The lowest BCUT2D eigenvalue weighted by molar-refractivity contribution is 0.0986. The average Bonchev–Trinajstić information content (AvgIpc) is 3.26. The smallest absolute Gasteiger partial charge is 0.130 e. The van der Waals surface area contributed by atoms with Gasteiger partial charge >= 0.3 is 0 Å². The van der Waals surface area contributed by atoms with E-state index in [0.717, 1.165) is 45.9 Å². The van der Waals surface area contributed by atoms with E-state index in [4.69, 9.17) is 9.72 Å². The summed E-state index contributed by atoms with van der Waals surface area (Å²) in [5.74, 6) is 0.950. The molecule has 4 aromatic rings. The van der Waals surface area contributed by atoms with Crippen LogP contribution in [0.5, 0.6) is 0 Å². The average molecular weight is 401 g/mol. The number of nitrogens with zero attached hydrogens (tertiary/aromatic N) is 6. The highest BCUT2D eigenvalue weighted by molar-refractivity contribution is 6.01. The number of aromatic nitrogens is 6. The summed E-state index contributed by atoms with van der Waals surface area (Å²) in [6, 6.07) is 9.05. The molecule has 1 saturated carbocycles. The fourth-order valence-electron chi connectivity index (χ4n) is 4.29. The van der Waals surface area contributed by atoms with E-state index in [1.807, 2.05) is 24.5 Å². The Hall–Kier alpha value is -3.26. The van der Waals surface area contributed by atoms with Crippen LogP contribution in [0.3, 0.4) is 0 Å². The van der Waals surface area contributed by atoms with E-state index in [0.29, 0.717) is 19.3 Å². The molecule has 0 bridgehead atoms. The molecule has 1 N–H and O–H groups in total. The molecule has 1 unspecified atom stereocenters. The van der Waals surface area contributed by atoms with Crippen LogP contribution in [-0.2, 0) is 4.74 Å². The van der Waals surface area contributed by atoms with Crippen LogP contribution >= 0.6 is 0 Å². The van der Waals surface area contributed by atoms with E-state index in [1.165, 1.54) is 12.8 Å². The van der Waals surface area contributed by atoms with Crippen molar-refractivity contribution in [3.63, 3.8) is 0 Å². The SMILES string of the molecule is CC1COCCN1c1cc(-c2ccnn2C2CC2)c2ccnc(-c3ccn[nH]3)c2n1. The first kappa shape index (κ1) is 17.6. The second kappa shape index (κ2) is 6.91. The number of H-pyrrole nitrogens is 1. The molecule has 1 atom stereocenters.